The van der Waals surface area contributed by atoms with E-state index in [2.05, 4.69) is 33.8 Å². The van der Waals surface area contributed by atoms with Crippen LogP contribution < -0.4 is 0 Å². The first-order chi connectivity index (χ1) is 4.42. The molecule has 0 heterocycles. The summed E-state index contributed by atoms with van der Waals surface area (Å²) in [5.41, 5.74) is 0. The molecule has 10 heavy (non-hydrogen) atoms. The first-order valence-electron chi connectivity index (χ1n) is 4.06. The quantitative estimate of drug-likeness (QED) is 0.692. The number of hydrogen-bond acceptors (Lipinski definition) is 1. The Kier molecular flexibility index (Phi) is 4.95. The van der Waals surface area contributed by atoms with Crippen LogP contribution in [0.5, 0.6) is 0 Å². The minimum atomic E-state index is -1.40. The molecule has 0 unspecified atom stereocenters. The van der Waals surface area contributed by atoms with Crippen LogP contribution >= 0.6 is 0 Å². The maximum absolute atomic E-state index is 2.50. The van der Waals surface area contributed by atoms with Crippen LogP contribution in [0.25, 0.3) is 0 Å². The Labute approximate surface area is 69.7 Å². The fraction of sp³-hybridized carbons (Fsp3) is 1.00. The fourth-order valence-corrected chi connectivity index (χ4v) is 4.40. The molecular weight excluding hydrogens is 229 g/mol. The van der Waals surface area contributed by atoms with E-state index in [0.29, 0.717) is 0 Å². The summed E-state index contributed by atoms with van der Waals surface area (Å²) in [5, 5.41) is 0. The summed E-state index contributed by atoms with van der Waals surface area (Å²) in [6, 6.07) is 0. The number of hydrogen-bond donors (Lipinski definition) is 0. The Balaban J connectivity index is 3.21. The molecule has 0 saturated heterocycles. The molecule has 0 aromatic rings. The van der Waals surface area contributed by atoms with E-state index in [1.165, 1.54) is 17.4 Å². The van der Waals surface area contributed by atoms with Gasteiger partial charge in [-0.05, 0) is 0 Å². The fourth-order valence-electron chi connectivity index (χ4n) is 0.926. The second-order valence-electron chi connectivity index (χ2n) is 4.47. The average molecular weight is 250 g/mol. The predicted octanol–water partition coefficient (Wildman–Crippen LogP) is 2.28. The normalized spacial score (nSPS) is 12.6. The molecule has 0 aliphatic rings. The van der Waals surface area contributed by atoms with E-state index in [-0.39, 0.29) is 0 Å². The first-order valence-corrected chi connectivity index (χ1v) is 14.6. The minimum absolute atomic E-state index is 1.27. The van der Waals surface area contributed by atoms with Crippen molar-refractivity contribution in [3.8, 4) is 0 Å². The molecule has 1 nitrogen and oxygen atoms in total. The topological polar surface area (TPSA) is 3.24 Å². The summed E-state index contributed by atoms with van der Waals surface area (Å²) in [5.74, 6) is 0. The third-order valence-electron chi connectivity index (χ3n) is 1.53. The van der Waals surface area contributed by atoms with Gasteiger partial charge >= 0.3 is 69.6 Å². The van der Waals surface area contributed by atoms with Gasteiger partial charge in [0.05, 0.1) is 0 Å². The Morgan fingerprint density at radius 1 is 1.10 bits per heavy atom. The van der Waals surface area contributed by atoms with Gasteiger partial charge in [0.25, 0.3) is 0 Å². The molecule has 2 heteroatoms. The molecule has 0 amide bonds. The van der Waals surface area contributed by atoms with Crippen LogP contribution in [0, 0.1) is 0 Å². The van der Waals surface area contributed by atoms with Gasteiger partial charge in [-0.1, -0.05) is 0 Å². The van der Waals surface area contributed by atoms with Crippen LogP contribution in [-0.4, -0.2) is 43.9 Å². The van der Waals surface area contributed by atoms with Gasteiger partial charge in [-0.25, -0.2) is 0 Å². The van der Waals surface area contributed by atoms with Crippen molar-refractivity contribution < 1.29 is 0 Å². The summed E-state index contributed by atoms with van der Waals surface area (Å²) in [4.78, 5) is 9.79. The van der Waals surface area contributed by atoms with Gasteiger partial charge in [-0.3, -0.25) is 0 Å². The molecule has 0 rings (SSSR count). The second kappa shape index (κ2) is 4.60. The SMILES string of the molecule is CN(C)CC[CH2][Sn]([CH3])([CH3])[CH3]. The Morgan fingerprint density at radius 2 is 1.60 bits per heavy atom. The Bertz CT molecular complexity index is 83.7. The van der Waals surface area contributed by atoms with Crippen LogP contribution in [0.4, 0.5) is 0 Å². The van der Waals surface area contributed by atoms with E-state index in [1.807, 2.05) is 0 Å². The first kappa shape index (κ1) is 10.8. The Morgan fingerprint density at radius 3 is 1.90 bits per heavy atom. The summed E-state index contributed by atoms with van der Waals surface area (Å²) in [7, 11) is 4.30. The van der Waals surface area contributed by atoms with E-state index >= 15 is 0 Å². The second-order valence-corrected chi connectivity index (χ2v) is 20.5. The number of rotatable bonds is 4. The summed E-state index contributed by atoms with van der Waals surface area (Å²) in [6.07, 6.45) is 1.41. The van der Waals surface area contributed by atoms with Crippen LogP contribution in [0.3, 0.4) is 0 Å². The van der Waals surface area contributed by atoms with Gasteiger partial charge in [-0.15, -0.1) is 0 Å². The zero-order valence-electron chi connectivity index (χ0n) is 8.07. The summed E-state index contributed by atoms with van der Waals surface area (Å²) in [6.45, 7) is 1.27. The molecule has 0 fully saturated rings. The molecule has 0 aromatic heterocycles. The van der Waals surface area contributed by atoms with E-state index < -0.39 is 18.4 Å². The maximum atomic E-state index is 2.50. The van der Waals surface area contributed by atoms with E-state index in [4.69, 9.17) is 0 Å². The van der Waals surface area contributed by atoms with Gasteiger partial charge in [0.15, 0.2) is 0 Å². The van der Waals surface area contributed by atoms with Crippen molar-refractivity contribution >= 4 is 18.4 Å². The van der Waals surface area contributed by atoms with Crippen molar-refractivity contribution in [1.29, 1.82) is 0 Å². The van der Waals surface area contributed by atoms with Crippen molar-refractivity contribution in [2.24, 2.45) is 0 Å². The molecule has 0 saturated carbocycles. The summed E-state index contributed by atoms with van der Waals surface area (Å²) < 4.78 is 1.53. The number of nitrogens with zero attached hydrogens (tertiary/aromatic N) is 1. The van der Waals surface area contributed by atoms with Gasteiger partial charge in [0.2, 0.25) is 0 Å². The molecule has 0 bridgehead atoms. The molecule has 0 aromatic carbocycles. The van der Waals surface area contributed by atoms with Crippen LogP contribution in [0.2, 0.25) is 19.3 Å². The van der Waals surface area contributed by atoms with Gasteiger partial charge in [-0.2, -0.15) is 0 Å². The van der Waals surface area contributed by atoms with Crippen LogP contribution in [0.1, 0.15) is 6.42 Å². The zero-order valence-corrected chi connectivity index (χ0v) is 10.9. The van der Waals surface area contributed by atoms with Crippen LogP contribution in [0.15, 0.2) is 0 Å². The van der Waals surface area contributed by atoms with E-state index in [1.54, 1.807) is 0 Å². The van der Waals surface area contributed by atoms with Crippen molar-refractivity contribution in [1.82, 2.24) is 4.90 Å². The molecular formula is C8H21NSn. The monoisotopic (exact) mass is 251 g/mol. The standard InChI is InChI=1S/C5H12N.3CH3.Sn/c1-4-5-6(2)3;;;;/h1,4-5H2,2-3H3;3*1H3;. The summed E-state index contributed by atoms with van der Waals surface area (Å²) >= 11 is -1.40. The molecule has 0 atom stereocenters. The molecule has 0 spiro atoms. The van der Waals surface area contributed by atoms with Crippen molar-refractivity contribution in [2.75, 3.05) is 20.6 Å². The van der Waals surface area contributed by atoms with Crippen molar-refractivity contribution in [3.63, 3.8) is 0 Å². The van der Waals surface area contributed by atoms with Crippen molar-refractivity contribution in [3.05, 3.63) is 0 Å². The van der Waals surface area contributed by atoms with Gasteiger partial charge < -0.3 is 0 Å². The third kappa shape index (κ3) is 8.76. The van der Waals surface area contributed by atoms with Gasteiger partial charge in [0, 0.05) is 0 Å². The predicted molar refractivity (Wildman–Crippen MR) is 51.3 cm³/mol. The van der Waals surface area contributed by atoms with Gasteiger partial charge in [0.1, 0.15) is 0 Å². The van der Waals surface area contributed by atoms with Crippen molar-refractivity contribution in [2.45, 2.75) is 25.7 Å². The van der Waals surface area contributed by atoms with E-state index in [0.717, 1.165) is 0 Å². The molecule has 62 valence electrons. The molecule has 0 aliphatic heterocycles. The average Bonchev–Trinajstić information content (AvgIpc) is 1.59. The third-order valence-corrected chi connectivity index (χ3v) is 6.82. The Hall–Kier alpha value is 0.759. The molecule has 0 radical (unpaired) electrons. The zero-order chi connectivity index (χ0) is 8.20. The van der Waals surface area contributed by atoms with Crippen LogP contribution in [-0.2, 0) is 0 Å². The van der Waals surface area contributed by atoms with E-state index in [9.17, 15) is 0 Å². The molecule has 0 aliphatic carbocycles. The molecule has 0 N–H and O–H groups in total.